The smallest absolute Gasteiger partial charge is 0.127 e. The molecular formula is C15H14ClFO2. The van der Waals surface area contributed by atoms with Crippen LogP contribution in [0.2, 0.25) is 0 Å². The maximum atomic E-state index is 12.9. The summed E-state index contributed by atoms with van der Waals surface area (Å²) in [6.07, 6.45) is 0. The molecule has 2 aromatic carbocycles. The van der Waals surface area contributed by atoms with Crippen LogP contribution in [0.4, 0.5) is 4.39 Å². The van der Waals surface area contributed by atoms with E-state index in [-0.39, 0.29) is 5.82 Å². The minimum atomic E-state index is -0.401. The van der Waals surface area contributed by atoms with Crippen LogP contribution in [0.3, 0.4) is 0 Å². The second-order valence-electron chi connectivity index (χ2n) is 4.02. The van der Waals surface area contributed by atoms with E-state index in [2.05, 4.69) is 0 Å². The zero-order valence-electron chi connectivity index (χ0n) is 10.7. The van der Waals surface area contributed by atoms with Crippen LogP contribution in [-0.4, -0.2) is 14.2 Å². The molecule has 1 unspecified atom stereocenters. The highest BCUT2D eigenvalue weighted by Crippen LogP contribution is 2.36. The summed E-state index contributed by atoms with van der Waals surface area (Å²) in [4.78, 5) is 0. The van der Waals surface area contributed by atoms with Gasteiger partial charge in [0.15, 0.2) is 0 Å². The van der Waals surface area contributed by atoms with Gasteiger partial charge in [0.1, 0.15) is 17.3 Å². The Balaban J connectivity index is 2.37. The largest absolute Gasteiger partial charge is 0.497 e. The molecule has 0 aromatic heterocycles. The molecule has 0 saturated carbocycles. The van der Waals surface area contributed by atoms with Gasteiger partial charge in [0, 0.05) is 11.6 Å². The highest BCUT2D eigenvalue weighted by atomic mass is 35.5. The Hall–Kier alpha value is -1.74. The molecule has 0 N–H and O–H groups in total. The van der Waals surface area contributed by atoms with Gasteiger partial charge in [-0.1, -0.05) is 12.1 Å². The van der Waals surface area contributed by atoms with E-state index < -0.39 is 5.38 Å². The monoisotopic (exact) mass is 280 g/mol. The Morgan fingerprint density at radius 1 is 1.00 bits per heavy atom. The van der Waals surface area contributed by atoms with E-state index in [0.29, 0.717) is 11.5 Å². The number of ether oxygens (including phenoxy) is 2. The molecule has 2 nitrogen and oxygen atoms in total. The first-order chi connectivity index (χ1) is 9.15. The van der Waals surface area contributed by atoms with Crippen LogP contribution in [0.1, 0.15) is 16.5 Å². The van der Waals surface area contributed by atoms with Gasteiger partial charge in [0.2, 0.25) is 0 Å². The summed E-state index contributed by atoms with van der Waals surface area (Å²) in [7, 11) is 3.17. The second kappa shape index (κ2) is 5.93. The maximum absolute atomic E-state index is 12.9. The van der Waals surface area contributed by atoms with Gasteiger partial charge in [-0.2, -0.15) is 0 Å². The van der Waals surface area contributed by atoms with Crippen LogP contribution in [0, 0.1) is 5.82 Å². The molecule has 0 saturated heterocycles. The predicted molar refractivity (Wildman–Crippen MR) is 73.6 cm³/mol. The standard InChI is InChI=1S/C15H14ClFO2/c1-18-12-7-8-13(14(9-12)19-2)15(16)10-3-5-11(17)6-4-10/h3-9,15H,1-2H3. The number of hydrogen-bond donors (Lipinski definition) is 0. The molecular weight excluding hydrogens is 267 g/mol. The lowest BCUT2D eigenvalue weighted by atomic mass is 10.0. The minimum absolute atomic E-state index is 0.283. The quantitative estimate of drug-likeness (QED) is 0.783. The molecule has 1 atom stereocenters. The van der Waals surface area contributed by atoms with Crippen molar-refractivity contribution in [1.82, 2.24) is 0 Å². The summed E-state index contributed by atoms with van der Waals surface area (Å²) in [6.45, 7) is 0. The van der Waals surface area contributed by atoms with Gasteiger partial charge in [-0.3, -0.25) is 0 Å². The van der Waals surface area contributed by atoms with E-state index >= 15 is 0 Å². The molecule has 19 heavy (non-hydrogen) atoms. The van der Waals surface area contributed by atoms with Crippen LogP contribution in [0.5, 0.6) is 11.5 Å². The molecule has 0 heterocycles. The molecule has 4 heteroatoms. The molecule has 0 aliphatic heterocycles. The van der Waals surface area contributed by atoms with Gasteiger partial charge in [-0.25, -0.2) is 4.39 Å². The summed E-state index contributed by atoms with van der Waals surface area (Å²) >= 11 is 6.42. The summed E-state index contributed by atoms with van der Waals surface area (Å²) in [5.74, 6) is 1.06. The molecule has 100 valence electrons. The van der Waals surface area contributed by atoms with Crippen LogP contribution < -0.4 is 9.47 Å². The zero-order valence-corrected chi connectivity index (χ0v) is 11.4. The molecule has 0 spiro atoms. The van der Waals surface area contributed by atoms with E-state index in [0.717, 1.165) is 11.1 Å². The minimum Gasteiger partial charge on any atom is -0.497 e. The van der Waals surface area contributed by atoms with Gasteiger partial charge in [0.05, 0.1) is 19.6 Å². The molecule has 0 amide bonds. The van der Waals surface area contributed by atoms with Crippen LogP contribution in [0.25, 0.3) is 0 Å². The molecule has 0 bridgehead atoms. The highest BCUT2D eigenvalue weighted by molar-refractivity contribution is 6.22. The first-order valence-electron chi connectivity index (χ1n) is 5.77. The van der Waals surface area contributed by atoms with Gasteiger partial charge < -0.3 is 9.47 Å². The van der Waals surface area contributed by atoms with E-state index in [1.807, 2.05) is 12.1 Å². The fraction of sp³-hybridized carbons (Fsp3) is 0.200. The average molecular weight is 281 g/mol. The number of rotatable bonds is 4. The van der Waals surface area contributed by atoms with Crippen LogP contribution >= 0.6 is 11.6 Å². The van der Waals surface area contributed by atoms with Crippen molar-refractivity contribution < 1.29 is 13.9 Å². The van der Waals surface area contributed by atoms with Gasteiger partial charge in [0.25, 0.3) is 0 Å². The summed E-state index contributed by atoms with van der Waals surface area (Å²) in [5.41, 5.74) is 1.63. The number of hydrogen-bond acceptors (Lipinski definition) is 2. The van der Waals surface area contributed by atoms with Gasteiger partial charge in [-0.05, 0) is 29.8 Å². The molecule has 0 radical (unpaired) electrons. The normalized spacial score (nSPS) is 12.0. The molecule has 2 aromatic rings. The maximum Gasteiger partial charge on any atom is 0.127 e. The third kappa shape index (κ3) is 2.99. The Morgan fingerprint density at radius 3 is 2.26 bits per heavy atom. The molecule has 0 aliphatic carbocycles. The Morgan fingerprint density at radius 2 is 1.68 bits per heavy atom. The fourth-order valence-corrected chi connectivity index (χ4v) is 2.16. The van der Waals surface area contributed by atoms with Crippen molar-refractivity contribution in [2.24, 2.45) is 0 Å². The lowest BCUT2D eigenvalue weighted by Gasteiger charge is -2.15. The number of halogens is 2. The summed E-state index contributed by atoms with van der Waals surface area (Å²) in [5, 5.41) is -0.401. The number of methoxy groups -OCH3 is 2. The third-order valence-electron chi connectivity index (χ3n) is 2.88. The number of alkyl halides is 1. The first-order valence-corrected chi connectivity index (χ1v) is 6.21. The molecule has 0 aliphatic rings. The lowest BCUT2D eigenvalue weighted by Crippen LogP contribution is -1.98. The second-order valence-corrected chi connectivity index (χ2v) is 4.46. The lowest BCUT2D eigenvalue weighted by molar-refractivity contribution is 0.391. The van der Waals surface area contributed by atoms with Gasteiger partial charge in [-0.15, -0.1) is 11.6 Å². The molecule has 2 rings (SSSR count). The van der Waals surface area contributed by atoms with Crippen LogP contribution in [0.15, 0.2) is 42.5 Å². The van der Waals surface area contributed by atoms with E-state index in [4.69, 9.17) is 21.1 Å². The van der Waals surface area contributed by atoms with Crippen molar-refractivity contribution in [3.8, 4) is 11.5 Å². The topological polar surface area (TPSA) is 18.5 Å². The first kappa shape index (κ1) is 13.7. The predicted octanol–water partition coefficient (Wildman–Crippen LogP) is 4.17. The third-order valence-corrected chi connectivity index (χ3v) is 3.36. The van der Waals surface area contributed by atoms with E-state index in [1.165, 1.54) is 12.1 Å². The summed E-state index contributed by atoms with van der Waals surface area (Å²) < 4.78 is 23.4. The number of benzene rings is 2. The van der Waals surface area contributed by atoms with Crippen molar-refractivity contribution in [1.29, 1.82) is 0 Å². The fourth-order valence-electron chi connectivity index (χ4n) is 1.84. The van der Waals surface area contributed by atoms with E-state index in [1.54, 1.807) is 32.4 Å². The average Bonchev–Trinajstić information content (AvgIpc) is 2.46. The van der Waals surface area contributed by atoms with Crippen molar-refractivity contribution >= 4 is 11.6 Å². The van der Waals surface area contributed by atoms with Crippen molar-refractivity contribution in [3.63, 3.8) is 0 Å². The van der Waals surface area contributed by atoms with Crippen molar-refractivity contribution in [3.05, 3.63) is 59.4 Å². The highest BCUT2D eigenvalue weighted by Gasteiger charge is 2.16. The Kier molecular flexibility index (Phi) is 4.27. The van der Waals surface area contributed by atoms with E-state index in [9.17, 15) is 4.39 Å². The molecule has 0 fully saturated rings. The van der Waals surface area contributed by atoms with Crippen LogP contribution in [-0.2, 0) is 0 Å². The van der Waals surface area contributed by atoms with Gasteiger partial charge >= 0.3 is 0 Å². The summed E-state index contributed by atoms with van der Waals surface area (Å²) in [6, 6.07) is 11.5. The SMILES string of the molecule is COc1ccc(C(Cl)c2ccc(F)cc2)c(OC)c1. The Labute approximate surface area is 116 Å². The Bertz CT molecular complexity index is 555. The van der Waals surface area contributed by atoms with Crippen molar-refractivity contribution in [2.75, 3.05) is 14.2 Å². The zero-order chi connectivity index (χ0) is 13.8. The van der Waals surface area contributed by atoms with Crippen molar-refractivity contribution in [2.45, 2.75) is 5.38 Å².